The third-order valence-electron chi connectivity index (χ3n) is 3.94. The van der Waals surface area contributed by atoms with Crippen molar-refractivity contribution in [3.05, 3.63) is 35.6 Å². The van der Waals surface area contributed by atoms with Crippen molar-refractivity contribution in [2.24, 2.45) is 5.92 Å². The molecule has 1 saturated heterocycles. The molecule has 0 saturated carbocycles. The normalized spacial score (nSPS) is 19.6. The molecular weight excluding hydrogens is 323 g/mol. The Kier molecular flexibility index (Phi) is 6.09. The first kappa shape index (κ1) is 17.8. The lowest BCUT2D eigenvalue weighted by Crippen LogP contribution is -2.47. The number of carbonyl (C=O) groups is 1. The van der Waals surface area contributed by atoms with Crippen LogP contribution in [0.15, 0.2) is 24.3 Å². The van der Waals surface area contributed by atoms with Crippen molar-refractivity contribution in [3.63, 3.8) is 0 Å². The molecule has 0 aromatic heterocycles. The van der Waals surface area contributed by atoms with Crippen molar-refractivity contribution in [2.75, 3.05) is 19.6 Å². The molecule has 2 N–H and O–H groups in total. The number of hydrogen-bond donors (Lipinski definition) is 2. The largest absolute Gasteiger partial charge is 0.481 e. The molecule has 0 bridgehead atoms. The van der Waals surface area contributed by atoms with Crippen molar-refractivity contribution >= 4 is 16.2 Å². The average molecular weight is 344 g/mol. The Morgan fingerprint density at radius 2 is 2.13 bits per heavy atom. The van der Waals surface area contributed by atoms with E-state index in [4.69, 9.17) is 5.11 Å². The van der Waals surface area contributed by atoms with Gasteiger partial charge in [-0.2, -0.15) is 12.7 Å². The van der Waals surface area contributed by atoms with Crippen LogP contribution in [-0.4, -0.2) is 43.4 Å². The van der Waals surface area contributed by atoms with E-state index in [0.29, 0.717) is 37.8 Å². The topological polar surface area (TPSA) is 86.7 Å². The third-order valence-corrected chi connectivity index (χ3v) is 5.52. The molecular formula is C15H21FN2O4S. The van der Waals surface area contributed by atoms with Crippen molar-refractivity contribution in [2.45, 2.75) is 25.7 Å². The fraction of sp³-hybridized carbons (Fsp3) is 0.533. The molecule has 1 aliphatic heterocycles. The van der Waals surface area contributed by atoms with Crippen LogP contribution in [0.3, 0.4) is 0 Å². The molecule has 1 heterocycles. The maximum absolute atomic E-state index is 13.5. The van der Waals surface area contributed by atoms with E-state index in [2.05, 4.69) is 4.72 Å². The van der Waals surface area contributed by atoms with Gasteiger partial charge in [0, 0.05) is 19.6 Å². The first-order chi connectivity index (χ1) is 10.9. The van der Waals surface area contributed by atoms with Crippen LogP contribution in [-0.2, 0) is 21.4 Å². The lowest BCUT2D eigenvalue weighted by atomic mass is 10.0. The summed E-state index contributed by atoms with van der Waals surface area (Å²) in [5, 5.41) is 9.01. The SMILES string of the molecule is O=C(O)[C@@H]1CCCN(S(=O)(=O)NCCCc2ccccc2F)C1. The van der Waals surface area contributed by atoms with Crippen LogP contribution in [0.4, 0.5) is 4.39 Å². The van der Waals surface area contributed by atoms with Gasteiger partial charge in [-0.15, -0.1) is 0 Å². The Morgan fingerprint density at radius 1 is 1.39 bits per heavy atom. The first-order valence-electron chi connectivity index (χ1n) is 7.61. The molecule has 1 atom stereocenters. The molecule has 1 fully saturated rings. The molecule has 1 aromatic carbocycles. The molecule has 128 valence electrons. The monoisotopic (exact) mass is 344 g/mol. The second-order valence-corrected chi connectivity index (χ2v) is 7.38. The molecule has 8 heteroatoms. The van der Waals surface area contributed by atoms with Gasteiger partial charge < -0.3 is 5.11 Å². The second-order valence-electron chi connectivity index (χ2n) is 5.63. The number of hydrogen-bond acceptors (Lipinski definition) is 3. The van der Waals surface area contributed by atoms with Crippen LogP contribution in [0, 0.1) is 11.7 Å². The van der Waals surface area contributed by atoms with Gasteiger partial charge in [-0.3, -0.25) is 4.79 Å². The zero-order valence-corrected chi connectivity index (χ0v) is 13.6. The highest BCUT2D eigenvalue weighted by molar-refractivity contribution is 7.87. The van der Waals surface area contributed by atoms with Gasteiger partial charge in [0.15, 0.2) is 0 Å². The van der Waals surface area contributed by atoms with E-state index in [1.807, 2.05) is 0 Å². The van der Waals surface area contributed by atoms with Gasteiger partial charge >= 0.3 is 5.97 Å². The van der Waals surface area contributed by atoms with Crippen molar-refractivity contribution in [1.82, 2.24) is 9.03 Å². The van der Waals surface area contributed by atoms with Crippen molar-refractivity contribution in [1.29, 1.82) is 0 Å². The standard InChI is InChI=1S/C15H21FN2O4S/c16-14-8-2-1-5-12(14)6-3-9-17-23(21,22)18-10-4-7-13(11-18)15(19)20/h1-2,5,8,13,17H,3-4,6-7,9-11H2,(H,19,20)/t13-/m1/s1. The van der Waals surface area contributed by atoms with Gasteiger partial charge in [0.2, 0.25) is 0 Å². The summed E-state index contributed by atoms with van der Waals surface area (Å²) in [6.45, 7) is 0.509. The Morgan fingerprint density at radius 3 is 2.83 bits per heavy atom. The number of nitrogens with zero attached hydrogens (tertiary/aromatic N) is 1. The molecule has 0 amide bonds. The van der Waals surface area contributed by atoms with Crippen LogP contribution in [0.25, 0.3) is 0 Å². The summed E-state index contributed by atoms with van der Waals surface area (Å²) in [4.78, 5) is 11.0. The van der Waals surface area contributed by atoms with Gasteiger partial charge in [0.25, 0.3) is 10.2 Å². The molecule has 0 unspecified atom stereocenters. The van der Waals surface area contributed by atoms with Crippen LogP contribution in [0.5, 0.6) is 0 Å². The lowest BCUT2D eigenvalue weighted by Gasteiger charge is -2.29. The summed E-state index contributed by atoms with van der Waals surface area (Å²) in [6.07, 6.45) is 1.94. The van der Waals surface area contributed by atoms with E-state index in [1.54, 1.807) is 18.2 Å². The predicted molar refractivity (Wildman–Crippen MR) is 83.6 cm³/mol. The molecule has 23 heavy (non-hydrogen) atoms. The first-order valence-corrected chi connectivity index (χ1v) is 9.05. The minimum atomic E-state index is -3.69. The number of carboxylic acids is 1. The van der Waals surface area contributed by atoms with E-state index >= 15 is 0 Å². The molecule has 6 nitrogen and oxygen atoms in total. The number of aliphatic carboxylic acids is 1. The van der Waals surface area contributed by atoms with E-state index in [-0.39, 0.29) is 18.9 Å². The predicted octanol–water partition coefficient (Wildman–Crippen LogP) is 1.39. The molecule has 1 aliphatic rings. The van der Waals surface area contributed by atoms with Crippen LogP contribution in [0.1, 0.15) is 24.8 Å². The maximum atomic E-state index is 13.5. The average Bonchev–Trinajstić information content (AvgIpc) is 2.53. The highest BCUT2D eigenvalue weighted by Gasteiger charge is 2.31. The number of piperidine rings is 1. The van der Waals surface area contributed by atoms with Gasteiger partial charge in [0.1, 0.15) is 5.82 Å². The molecule has 0 radical (unpaired) electrons. The van der Waals surface area contributed by atoms with E-state index in [0.717, 1.165) is 0 Å². The Labute approximate surface area is 135 Å². The smallest absolute Gasteiger partial charge is 0.307 e. The lowest BCUT2D eigenvalue weighted by molar-refractivity contribution is -0.142. The van der Waals surface area contributed by atoms with Crippen molar-refractivity contribution < 1.29 is 22.7 Å². The number of halogens is 1. The molecule has 0 aliphatic carbocycles. The highest BCUT2D eigenvalue weighted by atomic mass is 32.2. The molecule has 1 aromatic rings. The number of nitrogens with one attached hydrogen (secondary N) is 1. The summed E-state index contributed by atoms with van der Waals surface area (Å²) in [7, 11) is -3.69. The summed E-state index contributed by atoms with van der Waals surface area (Å²) < 4.78 is 41.5. The fourth-order valence-electron chi connectivity index (χ4n) is 2.63. The van der Waals surface area contributed by atoms with E-state index in [9.17, 15) is 17.6 Å². The molecule has 2 rings (SSSR count). The zero-order chi connectivity index (χ0) is 16.9. The minimum absolute atomic E-state index is 0.00200. The minimum Gasteiger partial charge on any atom is -0.481 e. The Balaban J connectivity index is 1.82. The van der Waals surface area contributed by atoms with Crippen LogP contribution < -0.4 is 4.72 Å². The van der Waals surface area contributed by atoms with E-state index < -0.39 is 22.1 Å². The van der Waals surface area contributed by atoms with Gasteiger partial charge in [0.05, 0.1) is 5.92 Å². The van der Waals surface area contributed by atoms with Gasteiger partial charge in [-0.1, -0.05) is 18.2 Å². The number of aryl methyl sites for hydroxylation is 1. The van der Waals surface area contributed by atoms with E-state index in [1.165, 1.54) is 10.4 Å². The number of rotatable bonds is 7. The highest BCUT2D eigenvalue weighted by Crippen LogP contribution is 2.18. The Bertz CT molecular complexity index is 651. The maximum Gasteiger partial charge on any atom is 0.307 e. The zero-order valence-electron chi connectivity index (χ0n) is 12.7. The van der Waals surface area contributed by atoms with Crippen LogP contribution >= 0.6 is 0 Å². The fourth-order valence-corrected chi connectivity index (χ4v) is 3.97. The quantitative estimate of drug-likeness (QED) is 0.732. The number of carboxylic acid groups (broad SMARTS) is 1. The third kappa shape index (κ3) is 4.98. The molecule has 0 spiro atoms. The summed E-state index contributed by atoms with van der Waals surface area (Å²) in [5.74, 6) is -1.92. The van der Waals surface area contributed by atoms with Crippen molar-refractivity contribution in [3.8, 4) is 0 Å². The van der Waals surface area contributed by atoms with Crippen LogP contribution in [0.2, 0.25) is 0 Å². The summed E-state index contributed by atoms with van der Waals surface area (Å²) in [5.41, 5.74) is 0.551. The second kappa shape index (κ2) is 7.85. The summed E-state index contributed by atoms with van der Waals surface area (Å²) in [6, 6.07) is 6.39. The van der Waals surface area contributed by atoms with Gasteiger partial charge in [-0.25, -0.2) is 9.11 Å². The summed E-state index contributed by atoms with van der Waals surface area (Å²) >= 11 is 0. The number of benzene rings is 1. The van der Waals surface area contributed by atoms with Gasteiger partial charge in [-0.05, 0) is 37.3 Å². The Hall–Kier alpha value is -1.51.